The molecule has 2 amide bonds. The zero-order chi connectivity index (χ0) is 21.8. The summed E-state index contributed by atoms with van der Waals surface area (Å²) in [6.45, 7) is 4.00. The van der Waals surface area contributed by atoms with Crippen LogP contribution in [0.2, 0.25) is 0 Å². The third-order valence-corrected chi connectivity index (χ3v) is 6.77. The molecule has 158 valence electrons. The van der Waals surface area contributed by atoms with Crippen LogP contribution >= 0.6 is 0 Å². The lowest BCUT2D eigenvalue weighted by molar-refractivity contribution is 0.0894. The molecule has 0 unspecified atom stereocenters. The Balaban J connectivity index is 1.55. The number of benzene rings is 3. The molecule has 3 aromatic carbocycles. The second-order valence-corrected chi connectivity index (χ2v) is 8.65. The molecule has 0 atom stereocenters. The number of aromatic nitrogens is 1. The van der Waals surface area contributed by atoms with Gasteiger partial charge < -0.3 is 4.90 Å². The van der Waals surface area contributed by atoms with Crippen molar-refractivity contribution in [3.63, 3.8) is 0 Å². The quantitative estimate of drug-likeness (QED) is 0.402. The first-order valence-corrected chi connectivity index (χ1v) is 11.2. The molecule has 4 aromatic rings. The van der Waals surface area contributed by atoms with Crippen molar-refractivity contribution in [2.45, 2.75) is 26.2 Å². The van der Waals surface area contributed by atoms with Crippen LogP contribution in [0.25, 0.3) is 21.7 Å². The molecule has 0 radical (unpaired) electrons. The second-order valence-electron chi connectivity index (χ2n) is 8.65. The number of amides is 2. The molecule has 2 aliphatic rings. The molecule has 0 saturated carbocycles. The molecule has 0 aliphatic carbocycles. The molecule has 3 heterocycles. The van der Waals surface area contributed by atoms with Crippen LogP contribution in [0.1, 0.15) is 45.5 Å². The topological polar surface area (TPSA) is 53.5 Å². The molecular weight excluding hydrogens is 398 g/mol. The van der Waals surface area contributed by atoms with Gasteiger partial charge in [0.1, 0.15) is 0 Å². The first-order chi connectivity index (χ1) is 15.6. The van der Waals surface area contributed by atoms with Gasteiger partial charge in [-0.1, -0.05) is 18.2 Å². The zero-order valence-corrected chi connectivity index (χ0v) is 18.0. The number of rotatable bonds is 2. The molecule has 32 heavy (non-hydrogen) atoms. The Morgan fingerprint density at radius 2 is 1.47 bits per heavy atom. The van der Waals surface area contributed by atoms with Crippen molar-refractivity contribution in [3.8, 4) is 0 Å². The van der Waals surface area contributed by atoms with E-state index in [9.17, 15) is 9.59 Å². The molecule has 0 bridgehead atoms. The molecule has 6 rings (SSSR count). The van der Waals surface area contributed by atoms with Gasteiger partial charge in [0, 0.05) is 52.3 Å². The monoisotopic (exact) mass is 421 g/mol. The first-order valence-electron chi connectivity index (χ1n) is 11.2. The molecule has 0 N–H and O–H groups in total. The van der Waals surface area contributed by atoms with Crippen molar-refractivity contribution in [3.05, 3.63) is 77.5 Å². The van der Waals surface area contributed by atoms with E-state index in [1.165, 1.54) is 24.2 Å². The van der Waals surface area contributed by atoms with Crippen LogP contribution in [0, 0.1) is 6.92 Å². The van der Waals surface area contributed by atoms with Gasteiger partial charge in [-0.3, -0.25) is 14.6 Å². The number of nitrogens with zero attached hydrogens (tertiary/aromatic N) is 3. The van der Waals surface area contributed by atoms with Crippen LogP contribution in [-0.4, -0.2) is 29.9 Å². The third-order valence-electron chi connectivity index (χ3n) is 6.77. The summed E-state index contributed by atoms with van der Waals surface area (Å²) in [5, 5.41) is 2.56. The number of piperidine rings is 1. The number of anilines is 2. The van der Waals surface area contributed by atoms with E-state index in [1.54, 1.807) is 6.20 Å². The highest BCUT2D eigenvalue weighted by Gasteiger charge is 2.35. The lowest BCUT2D eigenvalue weighted by atomic mass is 9.91. The molecule has 5 heteroatoms. The van der Waals surface area contributed by atoms with E-state index in [0.29, 0.717) is 16.8 Å². The maximum atomic E-state index is 13.7. The van der Waals surface area contributed by atoms with Gasteiger partial charge in [-0.2, -0.15) is 0 Å². The Morgan fingerprint density at radius 1 is 0.750 bits per heavy atom. The van der Waals surface area contributed by atoms with Gasteiger partial charge in [0.25, 0.3) is 11.8 Å². The van der Waals surface area contributed by atoms with Crippen LogP contribution < -0.4 is 9.80 Å². The Labute approximate surface area is 186 Å². The highest BCUT2D eigenvalue weighted by atomic mass is 16.2. The summed E-state index contributed by atoms with van der Waals surface area (Å²) in [6, 6.07) is 17.3. The van der Waals surface area contributed by atoms with Gasteiger partial charge >= 0.3 is 0 Å². The van der Waals surface area contributed by atoms with Crippen LogP contribution in [0.3, 0.4) is 0 Å². The van der Waals surface area contributed by atoms with Crippen molar-refractivity contribution in [1.82, 2.24) is 4.98 Å². The number of pyridine rings is 1. The molecular formula is C27H23N3O2. The number of carbonyl (C=O) groups is 2. The normalized spacial score (nSPS) is 16.3. The average molecular weight is 422 g/mol. The molecule has 1 fully saturated rings. The second kappa shape index (κ2) is 7.16. The molecule has 1 saturated heterocycles. The Kier molecular flexibility index (Phi) is 4.25. The van der Waals surface area contributed by atoms with Gasteiger partial charge in [-0.15, -0.1) is 0 Å². The third kappa shape index (κ3) is 2.67. The fourth-order valence-corrected chi connectivity index (χ4v) is 5.20. The highest BCUT2D eigenvalue weighted by molar-refractivity contribution is 6.37. The summed E-state index contributed by atoms with van der Waals surface area (Å²) in [7, 11) is 0. The molecule has 0 spiro atoms. The molecule has 2 aliphatic heterocycles. The number of imide groups is 1. The fraction of sp³-hybridized carbons (Fsp3) is 0.222. The maximum absolute atomic E-state index is 13.7. The summed E-state index contributed by atoms with van der Waals surface area (Å²) in [4.78, 5) is 35.6. The van der Waals surface area contributed by atoms with Gasteiger partial charge in [0.15, 0.2) is 0 Å². The zero-order valence-electron chi connectivity index (χ0n) is 18.0. The minimum Gasteiger partial charge on any atom is -0.371 e. The minimum absolute atomic E-state index is 0.280. The smallest absolute Gasteiger partial charge is 0.266 e. The van der Waals surface area contributed by atoms with Crippen LogP contribution in [-0.2, 0) is 0 Å². The van der Waals surface area contributed by atoms with Crippen molar-refractivity contribution >= 4 is 44.9 Å². The van der Waals surface area contributed by atoms with E-state index < -0.39 is 0 Å². The summed E-state index contributed by atoms with van der Waals surface area (Å²) in [6.07, 6.45) is 5.33. The van der Waals surface area contributed by atoms with Crippen molar-refractivity contribution < 1.29 is 9.59 Å². The Hall–Kier alpha value is -3.73. The fourth-order valence-electron chi connectivity index (χ4n) is 5.20. The van der Waals surface area contributed by atoms with Crippen LogP contribution in [0.4, 0.5) is 11.4 Å². The van der Waals surface area contributed by atoms with Crippen LogP contribution in [0.15, 0.2) is 60.8 Å². The van der Waals surface area contributed by atoms with E-state index >= 15 is 0 Å². The Bertz CT molecular complexity index is 1400. The highest BCUT2D eigenvalue weighted by Crippen LogP contribution is 2.39. The molecule has 5 nitrogen and oxygen atoms in total. The predicted octanol–water partition coefficient (Wildman–Crippen LogP) is 5.49. The lowest BCUT2D eigenvalue weighted by Gasteiger charge is -2.32. The van der Waals surface area contributed by atoms with E-state index in [1.807, 2.05) is 61.5 Å². The van der Waals surface area contributed by atoms with Crippen LogP contribution in [0.5, 0.6) is 0 Å². The van der Waals surface area contributed by atoms with E-state index in [-0.39, 0.29) is 11.8 Å². The standard InChI is InChI=1S/C27H23N3O2/c1-17-10-12-23(19-9-6-14-28-25(17)19)30-26(31)20-8-5-7-18-22(29-15-3-2-4-16-29)13-11-21(24(18)20)27(30)32/h5-14H,2-4,15-16H2,1H3. The maximum Gasteiger partial charge on any atom is 0.266 e. The number of fused-ring (bicyclic) bond motifs is 1. The summed E-state index contributed by atoms with van der Waals surface area (Å²) in [5.41, 5.74) is 4.66. The number of carbonyl (C=O) groups excluding carboxylic acids is 2. The Morgan fingerprint density at radius 3 is 2.28 bits per heavy atom. The first kappa shape index (κ1) is 19.0. The van der Waals surface area contributed by atoms with Crippen molar-refractivity contribution in [2.24, 2.45) is 0 Å². The number of hydrogen-bond donors (Lipinski definition) is 0. The number of aryl methyl sites for hydroxylation is 1. The lowest BCUT2D eigenvalue weighted by Crippen LogP contribution is -2.40. The van der Waals surface area contributed by atoms with E-state index in [2.05, 4.69) is 9.88 Å². The SMILES string of the molecule is Cc1ccc(N2C(=O)c3cccc4c(N5CCCCC5)ccc(c34)C2=O)c2cccnc12. The van der Waals surface area contributed by atoms with Gasteiger partial charge in [0.2, 0.25) is 0 Å². The number of hydrogen-bond acceptors (Lipinski definition) is 4. The van der Waals surface area contributed by atoms with Crippen molar-refractivity contribution in [1.29, 1.82) is 0 Å². The summed E-state index contributed by atoms with van der Waals surface area (Å²) >= 11 is 0. The van der Waals surface area contributed by atoms with Crippen molar-refractivity contribution in [2.75, 3.05) is 22.9 Å². The van der Waals surface area contributed by atoms with E-state index in [4.69, 9.17) is 0 Å². The summed E-state index contributed by atoms with van der Waals surface area (Å²) in [5.74, 6) is -0.559. The van der Waals surface area contributed by atoms with Gasteiger partial charge in [0.05, 0.1) is 11.2 Å². The summed E-state index contributed by atoms with van der Waals surface area (Å²) < 4.78 is 0. The van der Waals surface area contributed by atoms with Gasteiger partial charge in [-0.25, -0.2) is 4.90 Å². The largest absolute Gasteiger partial charge is 0.371 e. The van der Waals surface area contributed by atoms with E-state index in [0.717, 1.165) is 46.0 Å². The predicted molar refractivity (Wildman–Crippen MR) is 128 cm³/mol. The minimum atomic E-state index is -0.280. The molecule has 1 aromatic heterocycles. The van der Waals surface area contributed by atoms with Gasteiger partial charge in [-0.05, 0) is 68.1 Å². The average Bonchev–Trinajstić information content (AvgIpc) is 2.84.